The fourth-order valence-electron chi connectivity index (χ4n) is 3.98. The average Bonchev–Trinajstić information content (AvgIpc) is 2.48. The van der Waals surface area contributed by atoms with Crippen molar-refractivity contribution < 1.29 is 13.9 Å². The van der Waals surface area contributed by atoms with Gasteiger partial charge < -0.3 is 14.8 Å². The molecule has 2 unspecified atom stereocenters. The van der Waals surface area contributed by atoms with Crippen LogP contribution < -0.4 is 5.32 Å². The zero-order valence-corrected chi connectivity index (χ0v) is 11.7. The number of ether oxygens (including phenoxy) is 2. The maximum atomic E-state index is 14.8. The van der Waals surface area contributed by atoms with E-state index >= 15 is 0 Å². The van der Waals surface area contributed by atoms with Crippen LogP contribution in [-0.4, -0.2) is 44.7 Å². The third-order valence-electron chi connectivity index (χ3n) is 5.22. The van der Waals surface area contributed by atoms with E-state index in [9.17, 15) is 4.39 Å². The van der Waals surface area contributed by atoms with Gasteiger partial charge in [0.15, 0.2) is 0 Å². The van der Waals surface area contributed by atoms with E-state index in [1.54, 1.807) is 0 Å². The molecule has 0 saturated carbocycles. The fraction of sp³-hybridized carbons (Fsp3) is 1.00. The Balaban J connectivity index is 1.60. The summed E-state index contributed by atoms with van der Waals surface area (Å²) in [5.41, 5.74) is -0.0710. The molecular weight excluding hydrogens is 245 g/mol. The maximum Gasteiger partial charge on any atom is 0.106 e. The first-order valence-corrected chi connectivity index (χ1v) is 7.86. The van der Waals surface area contributed by atoms with Crippen molar-refractivity contribution in [2.24, 2.45) is 11.8 Å². The molecule has 0 aromatic rings. The second kappa shape index (κ2) is 6.06. The Morgan fingerprint density at radius 1 is 1.00 bits per heavy atom. The van der Waals surface area contributed by atoms with Gasteiger partial charge in [-0.15, -0.1) is 0 Å². The summed E-state index contributed by atoms with van der Waals surface area (Å²) in [4.78, 5) is 0. The molecule has 3 heterocycles. The van der Waals surface area contributed by atoms with Gasteiger partial charge in [0.2, 0.25) is 0 Å². The Bertz CT molecular complexity index is 282. The van der Waals surface area contributed by atoms with E-state index in [1.807, 2.05) is 0 Å². The largest absolute Gasteiger partial charge is 0.381 e. The minimum atomic E-state index is -0.634. The molecule has 0 aromatic carbocycles. The molecule has 3 saturated heterocycles. The van der Waals surface area contributed by atoms with Gasteiger partial charge in [-0.25, -0.2) is 4.39 Å². The number of hydrogen-bond donors (Lipinski definition) is 1. The van der Waals surface area contributed by atoms with Crippen molar-refractivity contribution in [3.63, 3.8) is 0 Å². The van der Waals surface area contributed by atoms with Crippen LogP contribution >= 0.6 is 0 Å². The first kappa shape index (κ1) is 13.8. The Morgan fingerprint density at radius 3 is 2.47 bits per heavy atom. The second-order valence-corrected chi connectivity index (χ2v) is 6.43. The Labute approximate surface area is 115 Å². The molecule has 0 bridgehead atoms. The highest BCUT2D eigenvalue weighted by Crippen LogP contribution is 2.41. The van der Waals surface area contributed by atoms with Gasteiger partial charge in [0.25, 0.3) is 0 Å². The van der Waals surface area contributed by atoms with Gasteiger partial charge in [0.1, 0.15) is 6.17 Å². The van der Waals surface area contributed by atoms with Crippen molar-refractivity contribution in [1.29, 1.82) is 0 Å². The van der Waals surface area contributed by atoms with Gasteiger partial charge in [-0.1, -0.05) is 0 Å². The number of nitrogens with one attached hydrogen (secondary N) is 1. The predicted octanol–water partition coefficient (Wildman–Crippen LogP) is 2.30. The molecule has 1 spiro atoms. The van der Waals surface area contributed by atoms with Crippen molar-refractivity contribution in [3.8, 4) is 0 Å². The lowest BCUT2D eigenvalue weighted by molar-refractivity contribution is -0.157. The van der Waals surface area contributed by atoms with Crippen LogP contribution in [0.3, 0.4) is 0 Å². The van der Waals surface area contributed by atoms with E-state index in [0.717, 1.165) is 71.4 Å². The standard InChI is InChI=1S/C15H26FNO2/c16-14(12-1-6-17-7-2-12)13-3-8-19-15(11-13)4-9-18-10-5-15/h12-14,17H,1-11H2. The molecule has 0 amide bonds. The molecule has 3 nitrogen and oxygen atoms in total. The average molecular weight is 271 g/mol. The van der Waals surface area contributed by atoms with E-state index in [4.69, 9.17) is 9.47 Å². The maximum absolute atomic E-state index is 14.8. The zero-order chi connectivity index (χ0) is 13.1. The van der Waals surface area contributed by atoms with E-state index in [2.05, 4.69) is 5.32 Å². The lowest BCUT2D eigenvalue weighted by Gasteiger charge is -2.45. The van der Waals surface area contributed by atoms with Gasteiger partial charge >= 0.3 is 0 Å². The number of halogens is 1. The molecule has 0 aromatic heterocycles. The number of rotatable bonds is 2. The summed E-state index contributed by atoms with van der Waals surface area (Å²) in [6, 6.07) is 0. The summed E-state index contributed by atoms with van der Waals surface area (Å²) in [6.45, 7) is 4.24. The number of alkyl halides is 1. The van der Waals surface area contributed by atoms with Crippen molar-refractivity contribution in [2.45, 2.75) is 50.3 Å². The van der Waals surface area contributed by atoms with Crippen LogP contribution in [0.1, 0.15) is 38.5 Å². The summed E-state index contributed by atoms with van der Waals surface area (Å²) < 4.78 is 26.2. The Hall–Kier alpha value is -0.190. The highest BCUT2D eigenvalue weighted by Gasteiger charge is 2.43. The molecule has 110 valence electrons. The van der Waals surface area contributed by atoms with Crippen LogP contribution in [0.2, 0.25) is 0 Å². The monoisotopic (exact) mass is 271 g/mol. The van der Waals surface area contributed by atoms with Crippen molar-refractivity contribution in [2.75, 3.05) is 32.9 Å². The van der Waals surface area contributed by atoms with Gasteiger partial charge in [0, 0.05) is 19.8 Å². The van der Waals surface area contributed by atoms with Crippen molar-refractivity contribution in [3.05, 3.63) is 0 Å². The SMILES string of the molecule is FC(C1CCNCC1)C1CCOC2(CCOCC2)C1. The summed E-state index contributed by atoms with van der Waals surface area (Å²) in [6.07, 6.45) is 5.05. The first-order chi connectivity index (χ1) is 9.29. The number of hydrogen-bond acceptors (Lipinski definition) is 3. The Kier molecular flexibility index (Phi) is 4.40. The highest BCUT2D eigenvalue weighted by atomic mass is 19.1. The van der Waals surface area contributed by atoms with Gasteiger partial charge in [-0.2, -0.15) is 0 Å². The molecule has 4 heteroatoms. The van der Waals surface area contributed by atoms with Gasteiger partial charge in [-0.05, 0) is 63.5 Å². The minimum absolute atomic E-state index is 0.0710. The van der Waals surface area contributed by atoms with Crippen molar-refractivity contribution >= 4 is 0 Å². The van der Waals surface area contributed by atoms with Crippen molar-refractivity contribution in [1.82, 2.24) is 5.32 Å². The van der Waals surface area contributed by atoms with Crippen LogP contribution in [0.4, 0.5) is 4.39 Å². The molecule has 3 fully saturated rings. The normalized spacial score (nSPS) is 34.3. The van der Waals surface area contributed by atoms with E-state index in [1.165, 1.54) is 0 Å². The summed E-state index contributed by atoms with van der Waals surface area (Å²) in [5.74, 6) is 0.469. The van der Waals surface area contributed by atoms with Gasteiger partial charge in [0.05, 0.1) is 5.60 Å². The fourth-order valence-corrected chi connectivity index (χ4v) is 3.98. The second-order valence-electron chi connectivity index (χ2n) is 6.43. The smallest absolute Gasteiger partial charge is 0.106 e. The molecule has 19 heavy (non-hydrogen) atoms. The quantitative estimate of drug-likeness (QED) is 0.836. The topological polar surface area (TPSA) is 30.5 Å². The van der Waals surface area contributed by atoms with Crippen LogP contribution in [0.5, 0.6) is 0 Å². The predicted molar refractivity (Wildman–Crippen MR) is 71.9 cm³/mol. The third kappa shape index (κ3) is 3.11. The molecule has 0 aliphatic carbocycles. The third-order valence-corrected chi connectivity index (χ3v) is 5.22. The number of piperidine rings is 1. The lowest BCUT2D eigenvalue weighted by Crippen LogP contribution is -2.47. The minimum Gasteiger partial charge on any atom is -0.381 e. The summed E-state index contributed by atoms with van der Waals surface area (Å²) in [7, 11) is 0. The first-order valence-electron chi connectivity index (χ1n) is 7.86. The Morgan fingerprint density at radius 2 is 1.74 bits per heavy atom. The lowest BCUT2D eigenvalue weighted by atomic mass is 9.75. The molecule has 1 N–H and O–H groups in total. The molecule has 3 rings (SSSR count). The molecule has 2 atom stereocenters. The van der Waals surface area contributed by atoms with Crippen LogP contribution in [0.15, 0.2) is 0 Å². The van der Waals surface area contributed by atoms with E-state index in [-0.39, 0.29) is 17.4 Å². The molecular formula is C15H26FNO2. The van der Waals surface area contributed by atoms with Crippen LogP contribution in [0.25, 0.3) is 0 Å². The highest BCUT2D eigenvalue weighted by molar-refractivity contribution is 4.93. The van der Waals surface area contributed by atoms with E-state index in [0.29, 0.717) is 0 Å². The molecule has 3 aliphatic rings. The summed E-state index contributed by atoms with van der Waals surface area (Å²) in [5, 5.41) is 3.32. The molecule has 0 radical (unpaired) electrons. The zero-order valence-electron chi connectivity index (χ0n) is 11.7. The van der Waals surface area contributed by atoms with Crippen LogP contribution in [-0.2, 0) is 9.47 Å². The van der Waals surface area contributed by atoms with Gasteiger partial charge in [-0.3, -0.25) is 0 Å². The molecule has 3 aliphatic heterocycles. The van der Waals surface area contributed by atoms with Crippen LogP contribution in [0, 0.1) is 11.8 Å². The van der Waals surface area contributed by atoms with E-state index < -0.39 is 6.17 Å². The summed E-state index contributed by atoms with van der Waals surface area (Å²) >= 11 is 0.